The van der Waals surface area contributed by atoms with Gasteiger partial charge in [-0.3, -0.25) is 4.52 Å². The molecule has 0 aliphatic carbocycles. The van der Waals surface area contributed by atoms with Gasteiger partial charge in [0.2, 0.25) is 0 Å². The van der Waals surface area contributed by atoms with Crippen molar-refractivity contribution in [1.29, 1.82) is 0 Å². The molecule has 0 aromatic carbocycles. The van der Waals surface area contributed by atoms with Crippen molar-refractivity contribution < 1.29 is 19.0 Å². The Morgan fingerprint density at radius 3 is 1.58 bits per heavy atom. The van der Waals surface area contributed by atoms with Gasteiger partial charge in [-0.05, 0) is 6.92 Å². The lowest BCUT2D eigenvalue weighted by atomic mass is 9.87. The Kier molecular flexibility index (Phi) is 4.08. The van der Waals surface area contributed by atoms with E-state index in [2.05, 4.69) is 0 Å². The zero-order chi connectivity index (χ0) is 9.99. The minimum absolute atomic E-state index is 0.312. The molecule has 2 N–H and O–H groups in total. The van der Waals surface area contributed by atoms with E-state index in [-0.39, 0.29) is 5.41 Å². The highest BCUT2D eigenvalue weighted by Gasteiger charge is 2.41. The molecule has 0 rings (SSSR count). The summed E-state index contributed by atoms with van der Waals surface area (Å²) in [6.45, 7) is 7.37. The maximum Gasteiger partial charge on any atom is 0.329 e. The van der Waals surface area contributed by atoms with Crippen molar-refractivity contribution in [2.45, 2.75) is 33.5 Å². The summed E-state index contributed by atoms with van der Waals surface area (Å²) in [5.41, 5.74) is -0.312. The van der Waals surface area contributed by atoms with Crippen LogP contribution in [0.25, 0.3) is 0 Å². The standard InChI is InChI=1S/C7H17O4P/c1-6(2,3)7(4,10-5)11-12(8)9/h8-9H,1-5H3. The highest BCUT2D eigenvalue weighted by molar-refractivity contribution is 7.39. The molecule has 0 aromatic heterocycles. The van der Waals surface area contributed by atoms with Gasteiger partial charge < -0.3 is 14.5 Å². The molecule has 0 fully saturated rings. The minimum Gasteiger partial charge on any atom is -0.352 e. The van der Waals surface area contributed by atoms with Crippen molar-refractivity contribution in [2.75, 3.05) is 7.11 Å². The second-order valence-corrected chi connectivity index (χ2v) is 4.43. The Morgan fingerprint density at radius 1 is 1.08 bits per heavy atom. The van der Waals surface area contributed by atoms with Crippen LogP contribution in [-0.4, -0.2) is 22.7 Å². The molecule has 1 atom stereocenters. The first-order valence-corrected chi connectivity index (χ1v) is 4.81. The molecule has 12 heavy (non-hydrogen) atoms. The fourth-order valence-corrected chi connectivity index (χ4v) is 1.30. The summed E-state index contributed by atoms with van der Waals surface area (Å²) in [4.78, 5) is 17.4. The van der Waals surface area contributed by atoms with Gasteiger partial charge in [-0.1, -0.05) is 20.8 Å². The monoisotopic (exact) mass is 196 g/mol. The van der Waals surface area contributed by atoms with Gasteiger partial charge in [0, 0.05) is 12.5 Å². The normalized spacial score (nSPS) is 18.0. The summed E-state index contributed by atoms with van der Waals surface area (Å²) in [5, 5.41) is 0. The molecule has 0 aromatic rings. The topological polar surface area (TPSA) is 58.9 Å². The molecule has 74 valence electrons. The van der Waals surface area contributed by atoms with Crippen molar-refractivity contribution in [3.8, 4) is 0 Å². The Balaban J connectivity index is 4.46. The molecule has 0 spiro atoms. The molecular formula is C7H17O4P. The third-order valence-corrected chi connectivity index (χ3v) is 2.52. The summed E-state index contributed by atoms with van der Waals surface area (Å²) < 4.78 is 9.99. The van der Waals surface area contributed by atoms with Crippen molar-refractivity contribution >= 4 is 8.60 Å². The minimum atomic E-state index is -2.38. The number of rotatable bonds is 3. The van der Waals surface area contributed by atoms with Crippen LogP contribution in [0.2, 0.25) is 0 Å². The van der Waals surface area contributed by atoms with Gasteiger partial charge in [-0.15, -0.1) is 0 Å². The van der Waals surface area contributed by atoms with E-state index in [0.717, 1.165) is 0 Å². The number of hydrogen-bond donors (Lipinski definition) is 2. The third kappa shape index (κ3) is 2.96. The fraction of sp³-hybridized carbons (Fsp3) is 1.00. The van der Waals surface area contributed by atoms with Crippen molar-refractivity contribution in [3.63, 3.8) is 0 Å². The van der Waals surface area contributed by atoms with E-state index < -0.39 is 14.4 Å². The predicted octanol–water partition coefficient (Wildman–Crippen LogP) is 1.62. The lowest BCUT2D eigenvalue weighted by Gasteiger charge is -2.39. The van der Waals surface area contributed by atoms with E-state index in [1.54, 1.807) is 6.92 Å². The molecule has 0 heterocycles. The van der Waals surface area contributed by atoms with Gasteiger partial charge >= 0.3 is 8.60 Å². The first-order chi connectivity index (χ1) is 5.23. The van der Waals surface area contributed by atoms with Crippen LogP contribution in [0, 0.1) is 5.41 Å². The first kappa shape index (κ1) is 12.3. The average molecular weight is 196 g/mol. The van der Waals surface area contributed by atoms with Gasteiger partial charge in [0.05, 0.1) is 0 Å². The fourth-order valence-electron chi connectivity index (χ4n) is 0.636. The van der Waals surface area contributed by atoms with Crippen molar-refractivity contribution in [3.05, 3.63) is 0 Å². The molecule has 0 aliphatic rings. The highest BCUT2D eigenvalue weighted by atomic mass is 31.2. The van der Waals surface area contributed by atoms with Crippen LogP contribution in [0.3, 0.4) is 0 Å². The zero-order valence-electron chi connectivity index (χ0n) is 8.16. The van der Waals surface area contributed by atoms with Crippen LogP contribution in [0.5, 0.6) is 0 Å². The average Bonchev–Trinajstić information content (AvgIpc) is 1.83. The third-order valence-electron chi connectivity index (χ3n) is 2.01. The number of methoxy groups -OCH3 is 1. The largest absolute Gasteiger partial charge is 0.352 e. The van der Waals surface area contributed by atoms with E-state index in [1.165, 1.54) is 7.11 Å². The number of hydrogen-bond acceptors (Lipinski definition) is 4. The Hall–Kier alpha value is 0.270. The van der Waals surface area contributed by atoms with E-state index in [9.17, 15) is 0 Å². The lowest BCUT2D eigenvalue weighted by Crippen LogP contribution is -2.43. The molecule has 0 bridgehead atoms. The van der Waals surface area contributed by atoms with E-state index in [4.69, 9.17) is 19.0 Å². The maximum atomic E-state index is 8.70. The first-order valence-electron chi connectivity index (χ1n) is 3.65. The van der Waals surface area contributed by atoms with Gasteiger partial charge in [0.15, 0.2) is 5.79 Å². The second kappa shape index (κ2) is 3.99. The van der Waals surface area contributed by atoms with Gasteiger partial charge in [-0.2, -0.15) is 0 Å². The second-order valence-electron chi connectivity index (χ2n) is 3.74. The molecule has 0 saturated carbocycles. The Morgan fingerprint density at radius 2 is 1.50 bits per heavy atom. The van der Waals surface area contributed by atoms with Crippen LogP contribution in [0.4, 0.5) is 0 Å². The van der Waals surface area contributed by atoms with Gasteiger partial charge in [0.1, 0.15) is 0 Å². The van der Waals surface area contributed by atoms with E-state index in [0.29, 0.717) is 0 Å². The van der Waals surface area contributed by atoms with Crippen LogP contribution in [0.1, 0.15) is 27.7 Å². The summed E-state index contributed by atoms with van der Waals surface area (Å²) in [6.07, 6.45) is 0. The number of ether oxygens (including phenoxy) is 1. The smallest absolute Gasteiger partial charge is 0.329 e. The quantitative estimate of drug-likeness (QED) is 0.532. The molecule has 5 heteroatoms. The molecule has 0 radical (unpaired) electrons. The summed E-state index contributed by atoms with van der Waals surface area (Å²) in [5.74, 6) is -0.970. The lowest BCUT2D eigenvalue weighted by molar-refractivity contribution is -0.216. The zero-order valence-corrected chi connectivity index (χ0v) is 9.05. The molecular weight excluding hydrogens is 179 g/mol. The Labute approximate surface area is 74.5 Å². The predicted molar refractivity (Wildman–Crippen MR) is 47.3 cm³/mol. The van der Waals surface area contributed by atoms with Crippen LogP contribution >= 0.6 is 8.60 Å². The summed E-state index contributed by atoms with van der Waals surface area (Å²) in [6, 6.07) is 0. The molecule has 0 aliphatic heterocycles. The molecule has 4 nitrogen and oxygen atoms in total. The van der Waals surface area contributed by atoms with Crippen LogP contribution < -0.4 is 0 Å². The Bertz CT molecular complexity index is 143. The van der Waals surface area contributed by atoms with Gasteiger partial charge in [-0.25, -0.2) is 0 Å². The SMILES string of the molecule is COC(C)(OP(O)O)C(C)(C)C. The van der Waals surface area contributed by atoms with Crippen molar-refractivity contribution in [1.82, 2.24) is 0 Å². The summed E-state index contributed by atoms with van der Waals surface area (Å²) in [7, 11) is -0.907. The van der Waals surface area contributed by atoms with Crippen LogP contribution in [-0.2, 0) is 9.26 Å². The van der Waals surface area contributed by atoms with Crippen LogP contribution in [0.15, 0.2) is 0 Å². The maximum absolute atomic E-state index is 8.70. The molecule has 1 unspecified atom stereocenters. The van der Waals surface area contributed by atoms with Crippen molar-refractivity contribution in [2.24, 2.45) is 5.41 Å². The van der Waals surface area contributed by atoms with E-state index in [1.807, 2.05) is 20.8 Å². The molecule has 0 amide bonds. The van der Waals surface area contributed by atoms with Gasteiger partial charge in [0.25, 0.3) is 0 Å². The molecule has 0 saturated heterocycles. The summed E-state index contributed by atoms with van der Waals surface area (Å²) >= 11 is 0. The van der Waals surface area contributed by atoms with E-state index >= 15 is 0 Å². The highest BCUT2D eigenvalue weighted by Crippen LogP contribution is 2.42.